The second-order valence-electron chi connectivity index (χ2n) is 3.03. The fraction of sp³-hybridized carbons (Fsp3) is 0.625. The standard InChI is InChI=1S/C8H15N3.ClH/c1-7-8(10-6-9-7)4-5-11(2)3;/h6H,4-5H2,1-3H3,(H,9,10);1H. The van der Waals surface area contributed by atoms with E-state index in [9.17, 15) is 0 Å². The van der Waals surface area contributed by atoms with E-state index in [1.807, 2.05) is 0 Å². The van der Waals surface area contributed by atoms with E-state index in [-0.39, 0.29) is 12.4 Å². The number of aryl methyl sites for hydroxylation is 1. The maximum atomic E-state index is 4.21. The van der Waals surface area contributed by atoms with Gasteiger partial charge in [-0.15, -0.1) is 12.4 Å². The summed E-state index contributed by atoms with van der Waals surface area (Å²) in [6, 6.07) is 0. The van der Waals surface area contributed by atoms with Gasteiger partial charge >= 0.3 is 0 Å². The molecular weight excluding hydrogens is 174 g/mol. The molecular formula is C8H16ClN3. The number of nitrogens with zero attached hydrogens (tertiary/aromatic N) is 2. The van der Waals surface area contributed by atoms with E-state index >= 15 is 0 Å². The first-order valence-corrected chi connectivity index (χ1v) is 3.83. The van der Waals surface area contributed by atoms with Crippen molar-refractivity contribution in [2.45, 2.75) is 13.3 Å². The van der Waals surface area contributed by atoms with Gasteiger partial charge in [-0.1, -0.05) is 0 Å². The van der Waals surface area contributed by atoms with Gasteiger partial charge in [0.25, 0.3) is 0 Å². The van der Waals surface area contributed by atoms with Crippen molar-refractivity contribution in [3.63, 3.8) is 0 Å². The Kier molecular flexibility index (Phi) is 4.93. The van der Waals surface area contributed by atoms with Crippen LogP contribution in [0, 0.1) is 6.92 Å². The first kappa shape index (κ1) is 11.5. The third-order valence-electron chi connectivity index (χ3n) is 1.73. The number of imidazole rings is 1. The molecule has 0 unspecified atom stereocenters. The molecule has 1 aromatic heterocycles. The summed E-state index contributed by atoms with van der Waals surface area (Å²) in [5, 5.41) is 0. The Morgan fingerprint density at radius 3 is 2.58 bits per heavy atom. The van der Waals surface area contributed by atoms with Gasteiger partial charge in [-0.05, 0) is 21.0 Å². The van der Waals surface area contributed by atoms with E-state index in [0.29, 0.717) is 0 Å². The topological polar surface area (TPSA) is 31.9 Å². The van der Waals surface area contributed by atoms with Crippen LogP contribution in [0.4, 0.5) is 0 Å². The van der Waals surface area contributed by atoms with Crippen molar-refractivity contribution >= 4 is 12.4 Å². The first-order chi connectivity index (χ1) is 5.20. The molecule has 0 bridgehead atoms. The van der Waals surface area contributed by atoms with Crippen LogP contribution in [0.15, 0.2) is 6.33 Å². The zero-order valence-electron chi connectivity index (χ0n) is 7.79. The van der Waals surface area contributed by atoms with Crippen molar-refractivity contribution in [3.05, 3.63) is 17.7 Å². The fourth-order valence-electron chi connectivity index (χ4n) is 0.969. The smallest absolute Gasteiger partial charge is 0.0925 e. The van der Waals surface area contributed by atoms with Crippen molar-refractivity contribution in [3.8, 4) is 0 Å². The predicted octanol–water partition coefficient (Wildman–Crippen LogP) is 1.24. The number of H-pyrrole nitrogens is 1. The Balaban J connectivity index is 0.00000121. The molecule has 0 aliphatic rings. The maximum Gasteiger partial charge on any atom is 0.0925 e. The molecule has 0 atom stereocenters. The fourth-order valence-corrected chi connectivity index (χ4v) is 0.969. The number of rotatable bonds is 3. The molecule has 0 fully saturated rings. The highest BCUT2D eigenvalue weighted by Gasteiger charge is 2.00. The van der Waals surface area contributed by atoms with Gasteiger partial charge < -0.3 is 9.88 Å². The lowest BCUT2D eigenvalue weighted by molar-refractivity contribution is 0.411. The van der Waals surface area contributed by atoms with Gasteiger partial charge in [-0.25, -0.2) is 4.98 Å². The van der Waals surface area contributed by atoms with Crippen molar-refractivity contribution in [2.24, 2.45) is 0 Å². The maximum absolute atomic E-state index is 4.21. The summed E-state index contributed by atoms with van der Waals surface area (Å²) in [4.78, 5) is 9.43. The predicted molar refractivity (Wildman–Crippen MR) is 52.8 cm³/mol. The second kappa shape index (κ2) is 5.17. The zero-order valence-corrected chi connectivity index (χ0v) is 8.61. The normalized spacial score (nSPS) is 10.0. The lowest BCUT2D eigenvalue weighted by atomic mass is 10.2. The van der Waals surface area contributed by atoms with Crippen LogP contribution in [0.3, 0.4) is 0 Å². The van der Waals surface area contributed by atoms with Gasteiger partial charge in [-0.2, -0.15) is 0 Å². The molecule has 1 rings (SSSR count). The molecule has 12 heavy (non-hydrogen) atoms. The minimum absolute atomic E-state index is 0. The highest BCUT2D eigenvalue weighted by molar-refractivity contribution is 5.85. The number of nitrogens with one attached hydrogen (secondary N) is 1. The number of aromatic nitrogens is 2. The molecule has 0 saturated heterocycles. The van der Waals surface area contributed by atoms with E-state index in [1.54, 1.807) is 6.33 Å². The third-order valence-corrected chi connectivity index (χ3v) is 1.73. The van der Waals surface area contributed by atoms with Crippen LogP contribution in [-0.4, -0.2) is 35.5 Å². The second-order valence-corrected chi connectivity index (χ2v) is 3.03. The van der Waals surface area contributed by atoms with Crippen molar-refractivity contribution in [1.29, 1.82) is 0 Å². The summed E-state index contributed by atoms with van der Waals surface area (Å²) in [5.41, 5.74) is 2.37. The van der Waals surface area contributed by atoms with Crippen LogP contribution in [-0.2, 0) is 6.42 Å². The van der Waals surface area contributed by atoms with Crippen LogP contribution in [0.25, 0.3) is 0 Å². The zero-order chi connectivity index (χ0) is 8.27. The lowest BCUT2D eigenvalue weighted by Gasteiger charge is -2.07. The quantitative estimate of drug-likeness (QED) is 0.776. The monoisotopic (exact) mass is 189 g/mol. The largest absolute Gasteiger partial charge is 0.348 e. The lowest BCUT2D eigenvalue weighted by Crippen LogP contribution is -2.15. The molecule has 0 aromatic carbocycles. The molecule has 1 aromatic rings. The number of halogens is 1. The third kappa shape index (κ3) is 3.24. The molecule has 70 valence electrons. The summed E-state index contributed by atoms with van der Waals surface area (Å²) in [6.07, 6.45) is 2.78. The number of likely N-dealkylation sites (N-methyl/N-ethyl adjacent to an activating group) is 1. The average molecular weight is 190 g/mol. The van der Waals surface area contributed by atoms with E-state index < -0.39 is 0 Å². The molecule has 0 aliphatic carbocycles. The van der Waals surface area contributed by atoms with Crippen molar-refractivity contribution in [1.82, 2.24) is 14.9 Å². The average Bonchev–Trinajstić information content (AvgIpc) is 2.31. The first-order valence-electron chi connectivity index (χ1n) is 3.83. The highest BCUT2D eigenvalue weighted by Crippen LogP contribution is 2.00. The van der Waals surface area contributed by atoms with E-state index in [0.717, 1.165) is 13.0 Å². The van der Waals surface area contributed by atoms with E-state index in [1.165, 1.54) is 11.4 Å². The Bertz CT molecular complexity index is 220. The van der Waals surface area contributed by atoms with Crippen LogP contribution in [0.1, 0.15) is 11.4 Å². The summed E-state index contributed by atoms with van der Waals surface area (Å²) in [5.74, 6) is 0. The Hall–Kier alpha value is -0.540. The number of hydrogen-bond acceptors (Lipinski definition) is 2. The molecule has 3 nitrogen and oxygen atoms in total. The summed E-state index contributed by atoms with van der Waals surface area (Å²) < 4.78 is 0. The minimum Gasteiger partial charge on any atom is -0.348 e. The van der Waals surface area contributed by atoms with Gasteiger partial charge in [0.15, 0.2) is 0 Å². The summed E-state index contributed by atoms with van der Waals surface area (Å²) >= 11 is 0. The van der Waals surface area contributed by atoms with Crippen LogP contribution >= 0.6 is 12.4 Å². The molecule has 0 aliphatic heterocycles. The molecule has 1 heterocycles. The van der Waals surface area contributed by atoms with Crippen LogP contribution < -0.4 is 0 Å². The van der Waals surface area contributed by atoms with E-state index in [2.05, 4.69) is 35.9 Å². The Morgan fingerprint density at radius 1 is 1.50 bits per heavy atom. The summed E-state index contributed by atoms with van der Waals surface area (Å²) in [7, 11) is 4.14. The Labute approximate surface area is 79.6 Å². The van der Waals surface area contributed by atoms with Crippen molar-refractivity contribution in [2.75, 3.05) is 20.6 Å². The molecule has 0 saturated carbocycles. The SMILES string of the molecule is Cc1[nH]cnc1CCN(C)C.Cl. The summed E-state index contributed by atoms with van der Waals surface area (Å²) in [6.45, 7) is 3.11. The van der Waals surface area contributed by atoms with Crippen LogP contribution in [0.2, 0.25) is 0 Å². The highest BCUT2D eigenvalue weighted by atomic mass is 35.5. The molecule has 1 N–H and O–H groups in total. The molecule has 4 heteroatoms. The number of aromatic amines is 1. The minimum atomic E-state index is 0. The van der Waals surface area contributed by atoms with Gasteiger partial charge in [0.2, 0.25) is 0 Å². The van der Waals surface area contributed by atoms with Crippen molar-refractivity contribution < 1.29 is 0 Å². The molecule has 0 spiro atoms. The van der Waals surface area contributed by atoms with Gasteiger partial charge in [0.05, 0.1) is 12.0 Å². The molecule has 0 radical (unpaired) electrons. The van der Waals surface area contributed by atoms with Gasteiger partial charge in [0, 0.05) is 18.7 Å². The van der Waals surface area contributed by atoms with E-state index in [4.69, 9.17) is 0 Å². The Morgan fingerprint density at radius 2 is 2.17 bits per heavy atom. The van der Waals surface area contributed by atoms with Gasteiger partial charge in [-0.3, -0.25) is 0 Å². The van der Waals surface area contributed by atoms with Crippen LogP contribution in [0.5, 0.6) is 0 Å². The van der Waals surface area contributed by atoms with Gasteiger partial charge in [0.1, 0.15) is 0 Å². The molecule has 0 amide bonds. The number of hydrogen-bond donors (Lipinski definition) is 1.